The van der Waals surface area contributed by atoms with Crippen molar-refractivity contribution in [3.05, 3.63) is 35.9 Å². The molecule has 2 heterocycles. The lowest BCUT2D eigenvalue weighted by Crippen LogP contribution is -2.46. The van der Waals surface area contributed by atoms with Crippen LogP contribution < -0.4 is 0 Å². The number of piperidine rings is 2. The number of benzene rings is 1. The molecule has 0 atom stereocenters. The Morgan fingerprint density at radius 1 is 0.842 bits per heavy atom. The van der Waals surface area contributed by atoms with E-state index in [1.165, 1.54) is 51.9 Å². The quantitative estimate of drug-likeness (QED) is 0.804. The first kappa shape index (κ1) is 13.1. The molecule has 2 nitrogen and oxygen atoms in total. The Kier molecular flexibility index (Phi) is 4.19. The monoisotopic (exact) mass is 258 g/mol. The summed E-state index contributed by atoms with van der Waals surface area (Å²) < 4.78 is 0. The van der Waals surface area contributed by atoms with E-state index in [9.17, 15) is 0 Å². The molecule has 0 saturated carbocycles. The van der Waals surface area contributed by atoms with Gasteiger partial charge in [0.2, 0.25) is 0 Å². The standard InChI is InChI=1S/C17H26N2/c1-18-11-9-17(10-12-18)19-13-7-16(8-14-19)15-5-3-2-4-6-15/h2-6,16-17H,7-14H2,1H3. The molecule has 0 amide bonds. The van der Waals surface area contributed by atoms with Gasteiger partial charge in [-0.2, -0.15) is 0 Å². The van der Waals surface area contributed by atoms with Crippen molar-refractivity contribution in [1.29, 1.82) is 0 Å². The Bertz CT molecular complexity index is 374. The Balaban J connectivity index is 1.52. The molecule has 0 aromatic heterocycles. The van der Waals surface area contributed by atoms with Crippen molar-refractivity contribution < 1.29 is 0 Å². The van der Waals surface area contributed by atoms with Crippen LogP contribution in [0.25, 0.3) is 0 Å². The predicted molar refractivity (Wildman–Crippen MR) is 80.5 cm³/mol. The van der Waals surface area contributed by atoms with Crippen LogP contribution in [-0.2, 0) is 0 Å². The third-order valence-corrected chi connectivity index (χ3v) is 5.01. The van der Waals surface area contributed by atoms with Gasteiger partial charge >= 0.3 is 0 Å². The molecule has 0 spiro atoms. The van der Waals surface area contributed by atoms with Crippen molar-refractivity contribution >= 4 is 0 Å². The first-order chi connectivity index (χ1) is 9.33. The molecule has 0 unspecified atom stereocenters. The summed E-state index contributed by atoms with van der Waals surface area (Å²) in [6.45, 7) is 5.16. The molecule has 2 aliphatic rings. The molecule has 0 radical (unpaired) electrons. The number of likely N-dealkylation sites (tertiary alicyclic amines) is 2. The molecule has 19 heavy (non-hydrogen) atoms. The molecule has 0 bridgehead atoms. The van der Waals surface area contributed by atoms with E-state index in [2.05, 4.69) is 47.2 Å². The Morgan fingerprint density at radius 2 is 1.47 bits per heavy atom. The highest BCUT2D eigenvalue weighted by Gasteiger charge is 2.27. The molecule has 1 aromatic rings. The molecular weight excluding hydrogens is 232 g/mol. The Labute approximate surface area is 117 Å². The first-order valence-corrected chi connectivity index (χ1v) is 7.80. The smallest absolute Gasteiger partial charge is 0.0120 e. The van der Waals surface area contributed by atoms with Gasteiger partial charge in [0.05, 0.1) is 0 Å². The van der Waals surface area contributed by atoms with E-state index in [1.807, 2.05) is 0 Å². The van der Waals surface area contributed by atoms with E-state index in [0.29, 0.717) is 0 Å². The summed E-state index contributed by atoms with van der Waals surface area (Å²) in [6.07, 6.45) is 5.42. The second-order valence-corrected chi connectivity index (χ2v) is 6.26. The molecule has 2 heteroatoms. The second kappa shape index (κ2) is 6.06. The van der Waals surface area contributed by atoms with Crippen LogP contribution in [0.3, 0.4) is 0 Å². The van der Waals surface area contributed by atoms with Gasteiger partial charge in [-0.25, -0.2) is 0 Å². The van der Waals surface area contributed by atoms with Crippen LogP contribution in [0, 0.1) is 0 Å². The van der Waals surface area contributed by atoms with Crippen LogP contribution in [0.1, 0.15) is 37.2 Å². The van der Waals surface area contributed by atoms with Gasteiger partial charge in [0, 0.05) is 6.04 Å². The average molecular weight is 258 g/mol. The second-order valence-electron chi connectivity index (χ2n) is 6.26. The summed E-state index contributed by atoms with van der Waals surface area (Å²) >= 11 is 0. The zero-order chi connectivity index (χ0) is 13.1. The normalized spacial score (nSPS) is 24.7. The van der Waals surface area contributed by atoms with Gasteiger partial charge in [-0.3, -0.25) is 0 Å². The maximum atomic E-state index is 2.76. The van der Waals surface area contributed by atoms with E-state index >= 15 is 0 Å². The third kappa shape index (κ3) is 3.18. The number of hydrogen-bond acceptors (Lipinski definition) is 2. The Morgan fingerprint density at radius 3 is 2.11 bits per heavy atom. The van der Waals surface area contributed by atoms with Crippen LogP contribution in [0.4, 0.5) is 0 Å². The van der Waals surface area contributed by atoms with Gasteiger partial charge in [-0.1, -0.05) is 30.3 Å². The van der Waals surface area contributed by atoms with Crippen LogP contribution >= 0.6 is 0 Å². The fourth-order valence-corrected chi connectivity index (χ4v) is 3.68. The highest BCUT2D eigenvalue weighted by Crippen LogP contribution is 2.30. The molecule has 2 fully saturated rings. The third-order valence-electron chi connectivity index (χ3n) is 5.01. The maximum Gasteiger partial charge on any atom is 0.0120 e. The zero-order valence-electron chi connectivity index (χ0n) is 12.1. The predicted octanol–water partition coefficient (Wildman–Crippen LogP) is 2.96. The summed E-state index contributed by atoms with van der Waals surface area (Å²) in [5, 5.41) is 0. The minimum Gasteiger partial charge on any atom is -0.306 e. The number of hydrogen-bond donors (Lipinski definition) is 0. The fraction of sp³-hybridized carbons (Fsp3) is 0.647. The lowest BCUT2D eigenvalue weighted by atomic mass is 9.88. The van der Waals surface area contributed by atoms with Gasteiger partial charge < -0.3 is 9.80 Å². The van der Waals surface area contributed by atoms with Crippen molar-refractivity contribution in [3.63, 3.8) is 0 Å². The molecule has 0 aliphatic carbocycles. The highest BCUT2D eigenvalue weighted by atomic mass is 15.2. The van der Waals surface area contributed by atoms with Gasteiger partial charge in [-0.15, -0.1) is 0 Å². The molecular formula is C17H26N2. The van der Waals surface area contributed by atoms with E-state index in [-0.39, 0.29) is 0 Å². The summed E-state index contributed by atoms with van der Waals surface area (Å²) in [5.41, 5.74) is 1.55. The van der Waals surface area contributed by atoms with Crippen LogP contribution in [-0.4, -0.2) is 49.1 Å². The summed E-state index contributed by atoms with van der Waals surface area (Å²) in [4.78, 5) is 5.22. The largest absolute Gasteiger partial charge is 0.306 e. The lowest BCUT2D eigenvalue weighted by Gasteiger charge is -2.41. The van der Waals surface area contributed by atoms with Gasteiger partial charge in [0.1, 0.15) is 0 Å². The van der Waals surface area contributed by atoms with E-state index in [0.717, 1.165) is 12.0 Å². The van der Waals surface area contributed by atoms with Gasteiger partial charge in [0.25, 0.3) is 0 Å². The molecule has 3 rings (SSSR count). The van der Waals surface area contributed by atoms with Gasteiger partial charge in [-0.05, 0) is 70.4 Å². The molecule has 0 N–H and O–H groups in total. The van der Waals surface area contributed by atoms with Crippen LogP contribution in [0.15, 0.2) is 30.3 Å². The average Bonchev–Trinajstić information content (AvgIpc) is 2.49. The van der Waals surface area contributed by atoms with Crippen molar-refractivity contribution in [2.45, 2.75) is 37.6 Å². The summed E-state index contributed by atoms with van der Waals surface area (Å²) in [5.74, 6) is 0.795. The molecule has 1 aromatic carbocycles. The SMILES string of the molecule is CN1CCC(N2CCC(c3ccccc3)CC2)CC1. The minimum atomic E-state index is 0.795. The first-order valence-electron chi connectivity index (χ1n) is 7.80. The number of nitrogens with zero attached hydrogens (tertiary/aromatic N) is 2. The van der Waals surface area contributed by atoms with E-state index < -0.39 is 0 Å². The maximum absolute atomic E-state index is 2.76. The topological polar surface area (TPSA) is 6.48 Å². The van der Waals surface area contributed by atoms with Gasteiger partial charge in [0.15, 0.2) is 0 Å². The van der Waals surface area contributed by atoms with E-state index in [1.54, 1.807) is 5.56 Å². The lowest BCUT2D eigenvalue weighted by molar-refractivity contribution is 0.0966. The fourth-order valence-electron chi connectivity index (χ4n) is 3.68. The Hall–Kier alpha value is -0.860. The van der Waals surface area contributed by atoms with E-state index in [4.69, 9.17) is 0 Å². The van der Waals surface area contributed by atoms with Crippen molar-refractivity contribution in [2.75, 3.05) is 33.2 Å². The number of rotatable bonds is 2. The van der Waals surface area contributed by atoms with Crippen LogP contribution in [0.5, 0.6) is 0 Å². The molecule has 2 aliphatic heterocycles. The molecule has 2 saturated heterocycles. The zero-order valence-corrected chi connectivity index (χ0v) is 12.1. The van der Waals surface area contributed by atoms with Crippen LogP contribution in [0.2, 0.25) is 0 Å². The van der Waals surface area contributed by atoms with Crippen molar-refractivity contribution in [3.8, 4) is 0 Å². The van der Waals surface area contributed by atoms with Crippen molar-refractivity contribution in [2.24, 2.45) is 0 Å². The summed E-state index contributed by atoms with van der Waals surface area (Å²) in [7, 11) is 2.25. The summed E-state index contributed by atoms with van der Waals surface area (Å²) in [6, 6.07) is 11.9. The highest BCUT2D eigenvalue weighted by molar-refractivity contribution is 5.20. The van der Waals surface area contributed by atoms with Crippen molar-refractivity contribution in [1.82, 2.24) is 9.80 Å². The minimum absolute atomic E-state index is 0.795. The molecule has 104 valence electrons.